The summed E-state index contributed by atoms with van der Waals surface area (Å²) in [4.78, 5) is 6.87. The zero-order chi connectivity index (χ0) is 20.8. The summed E-state index contributed by atoms with van der Waals surface area (Å²) >= 11 is 0. The van der Waals surface area contributed by atoms with Crippen LogP contribution in [0.4, 0.5) is 0 Å². The van der Waals surface area contributed by atoms with Gasteiger partial charge < -0.3 is 9.64 Å². The monoisotopic (exact) mass is 415 g/mol. The van der Waals surface area contributed by atoms with Gasteiger partial charge in [-0.25, -0.2) is 8.42 Å². The number of fused-ring (bicyclic) bond motifs is 1. The van der Waals surface area contributed by atoms with Crippen molar-refractivity contribution >= 4 is 26.4 Å². The molecule has 0 radical (unpaired) electrons. The number of nitrogens with zero attached hydrogens (tertiary/aromatic N) is 3. The quantitative estimate of drug-likeness (QED) is 0.691. The van der Waals surface area contributed by atoms with Gasteiger partial charge in [0.05, 0.1) is 23.4 Å². The molecule has 0 N–H and O–H groups in total. The molecule has 4 rings (SSSR count). The van der Waals surface area contributed by atoms with Crippen LogP contribution in [0.15, 0.2) is 30.0 Å². The third kappa shape index (κ3) is 4.50. The Bertz CT molecular complexity index is 1110. The lowest BCUT2D eigenvalue weighted by Gasteiger charge is -2.22. The number of allylic oxidation sites excluding steroid dienone is 2. The van der Waals surface area contributed by atoms with Crippen molar-refractivity contribution in [3.05, 3.63) is 41.1 Å². The molecule has 7 heteroatoms. The lowest BCUT2D eigenvalue weighted by molar-refractivity contribution is 0.296. The minimum Gasteiger partial charge on any atom is -0.465 e. The molecular formula is C22H29N3O3S. The summed E-state index contributed by atoms with van der Waals surface area (Å²) in [6.45, 7) is 6.35. The first-order valence-corrected chi connectivity index (χ1v) is 12.2. The summed E-state index contributed by atoms with van der Waals surface area (Å²) in [7, 11) is -1.15. The molecule has 0 saturated heterocycles. The van der Waals surface area contributed by atoms with Crippen molar-refractivity contribution in [1.82, 2.24) is 14.5 Å². The Morgan fingerprint density at radius 1 is 1.28 bits per heavy atom. The zero-order valence-corrected chi connectivity index (χ0v) is 18.4. The molecule has 1 fully saturated rings. The van der Waals surface area contributed by atoms with E-state index in [0.29, 0.717) is 18.5 Å². The van der Waals surface area contributed by atoms with Gasteiger partial charge in [0.15, 0.2) is 9.84 Å². The molecule has 0 bridgehead atoms. The number of ether oxygens (including phenoxy) is 1. The number of hydrogen-bond donors (Lipinski definition) is 0. The fourth-order valence-corrected chi connectivity index (χ4v) is 4.77. The van der Waals surface area contributed by atoms with Crippen LogP contribution in [-0.2, 0) is 22.1 Å². The molecule has 1 aromatic carbocycles. The number of likely N-dealkylation sites (N-methyl/N-ethyl adjacent to an activating group) is 1. The van der Waals surface area contributed by atoms with Crippen LogP contribution in [-0.4, -0.2) is 49.3 Å². The Labute approximate surface area is 172 Å². The van der Waals surface area contributed by atoms with Gasteiger partial charge in [0.25, 0.3) is 6.01 Å². The lowest BCUT2D eigenvalue weighted by Crippen LogP contribution is -2.17. The Balaban J connectivity index is 1.92. The zero-order valence-electron chi connectivity index (χ0n) is 17.6. The van der Waals surface area contributed by atoms with Crippen LogP contribution in [0.25, 0.3) is 16.6 Å². The highest BCUT2D eigenvalue weighted by Gasteiger charge is 2.26. The third-order valence-corrected chi connectivity index (χ3v) is 6.16. The maximum Gasteiger partial charge on any atom is 0.297 e. The molecule has 2 aromatic rings. The predicted octanol–water partition coefficient (Wildman–Crippen LogP) is 3.62. The van der Waals surface area contributed by atoms with Gasteiger partial charge in [0.1, 0.15) is 0 Å². The molecule has 0 amide bonds. The van der Waals surface area contributed by atoms with Crippen LogP contribution >= 0.6 is 0 Å². The van der Waals surface area contributed by atoms with E-state index >= 15 is 0 Å². The van der Waals surface area contributed by atoms with Gasteiger partial charge in [0, 0.05) is 32.6 Å². The molecule has 0 spiro atoms. The molecule has 1 saturated carbocycles. The van der Waals surface area contributed by atoms with Crippen LogP contribution in [0.1, 0.15) is 37.8 Å². The molecular weight excluding hydrogens is 386 g/mol. The molecule has 2 aliphatic rings. The van der Waals surface area contributed by atoms with E-state index in [1.807, 2.05) is 13.0 Å². The SMILES string of the molecule is CCOc1nc2c(CS(C)(=O)=O)cc(C3=CN(C)CC(C)=C3)cc2n1CC1CC1. The number of imidazole rings is 1. The van der Waals surface area contributed by atoms with Gasteiger partial charge in [-0.3, -0.25) is 4.57 Å². The number of sulfone groups is 1. The van der Waals surface area contributed by atoms with Crippen molar-refractivity contribution in [2.75, 3.05) is 26.5 Å². The third-order valence-electron chi connectivity index (χ3n) is 5.32. The molecule has 2 heterocycles. The highest BCUT2D eigenvalue weighted by molar-refractivity contribution is 7.89. The van der Waals surface area contributed by atoms with Crippen molar-refractivity contribution in [2.24, 2.45) is 5.92 Å². The molecule has 0 atom stereocenters. The van der Waals surface area contributed by atoms with E-state index in [4.69, 9.17) is 9.72 Å². The summed E-state index contributed by atoms with van der Waals surface area (Å²) in [6.07, 6.45) is 8.01. The average molecular weight is 416 g/mol. The maximum absolute atomic E-state index is 12.1. The first-order chi connectivity index (χ1) is 13.7. The second-order valence-corrected chi connectivity index (χ2v) is 10.6. The molecule has 1 aliphatic heterocycles. The second kappa shape index (κ2) is 7.52. The smallest absolute Gasteiger partial charge is 0.297 e. The van der Waals surface area contributed by atoms with E-state index < -0.39 is 9.84 Å². The number of hydrogen-bond acceptors (Lipinski definition) is 5. The molecule has 29 heavy (non-hydrogen) atoms. The van der Waals surface area contributed by atoms with Gasteiger partial charge in [-0.15, -0.1) is 0 Å². The number of benzene rings is 1. The minimum absolute atomic E-state index is 0.0326. The Morgan fingerprint density at radius 2 is 2.03 bits per heavy atom. The summed E-state index contributed by atoms with van der Waals surface area (Å²) in [5, 5.41) is 0. The van der Waals surface area contributed by atoms with Crippen LogP contribution in [0, 0.1) is 5.92 Å². The number of rotatable bonds is 7. The molecule has 156 valence electrons. The Morgan fingerprint density at radius 3 is 2.66 bits per heavy atom. The van der Waals surface area contributed by atoms with Crippen molar-refractivity contribution in [1.29, 1.82) is 0 Å². The fraction of sp³-hybridized carbons (Fsp3) is 0.500. The topological polar surface area (TPSA) is 64.4 Å². The summed E-state index contributed by atoms with van der Waals surface area (Å²) in [6, 6.07) is 4.69. The first kappa shape index (κ1) is 20.0. The van der Waals surface area contributed by atoms with Gasteiger partial charge in [-0.2, -0.15) is 4.98 Å². The summed E-state index contributed by atoms with van der Waals surface area (Å²) < 4.78 is 32.2. The minimum atomic E-state index is -3.20. The van der Waals surface area contributed by atoms with E-state index in [-0.39, 0.29) is 5.75 Å². The van der Waals surface area contributed by atoms with Crippen LogP contribution in [0.2, 0.25) is 0 Å². The van der Waals surface area contributed by atoms with Crippen molar-refractivity contribution in [3.63, 3.8) is 0 Å². The van der Waals surface area contributed by atoms with Crippen LogP contribution in [0.5, 0.6) is 6.01 Å². The summed E-state index contributed by atoms with van der Waals surface area (Å²) in [5.41, 5.74) is 5.80. The van der Waals surface area contributed by atoms with E-state index in [9.17, 15) is 8.42 Å². The van der Waals surface area contributed by atoms with Crippen molar-refractivity contribution < 1.29 is 13.2 Å². The average Bonchev–Trinajstić information content (AvgIpc) is 3.36. The molecule has 1 aliphatic carbocycles. The van der Waals surface area contributed by atoms with Gasteiger partial charge in [0.2, 0.25) is 0 Å². The molecule has 6 nitrogen and oxygen atoms in total. The Kier molecular flexibility index (Phi) is 5.19. The highest BCUT2D eigenvalue weighted by atomic mass is 32.2. The van der Waals surface area contributed by atoms with Crippen molar-refractivity contribution in [3.8, 4) is 6.01 Å². The lowest BCUT2D eigenvalue weighted by atomic mass is 9.99. The van der Waals surface area contributed by atoms with E-state index in [2.05, 4.69) is 41.8 Å². The van der Waals surface area contributed by atoms with E-state index in [1.165, 1.54) is 24.7 Å². The van der Waals surface area contributed by atoms with E-state index in [1.54, 1.807) is 0 Å². The van der Waals surface area contributed by atoms with Crippen molar-refractivity contribution in [2.45, 2.75) is 39.0 Å². The van der Waals surface area contributed by atoms with Crippen LogP contribution < -0.4 is 4.74 Å². The van der Waals surface area contributed by atoms with Crippen LogP contribution in [0.3, 0.4) is 0 Å². The maximum atomic E-state index is 12.1. The second-order valence-electron chi connectivity index (χ2n) is 8.44. The largest absolute Gasteiger partial charge is 0.465 e. The van der Waals surface area contributed by atoms with E-state index in [0.717, 1.165) is 40.8 Å². The Hall–Kier alpha value is -2.28. The van der Waals surface area contributed by atoms with Gasteiger partial charge in [-0.1, -0.05) is 11.6 Å². The predicted molar refractivity (Wildman–Crippen MR) is 117 cm³/mol. The molecule has 0 unspecified atom stereocenters. The first-order valence-electron chi connectivity index (χ1n) is 10.2. The normalized spacial score (nSPS) is 17.4. The van der Waals surface area contributed by atoms with Gasteiger partial charge >= 0.3 is 0 Å². The van der Waals surface area contributed by atoms with Gasteiger partial charge in [-0.05, 0) is 61.4 Å². The highest BCUT2D eigenvalue weighted by Crippen LogP contribution is 2.36. The fourth-order valence-electron chi connectivity index (χ4n) is 3.99. The summed E-state index contributed by atoms with van der Waals surface area (Å²) in [5.74, 6) is 0.616. The molecule has 1 aromatic heterocycles. The number of aromatic nitrogens is 2. The standard InChI is InChI=1S/C22H29N3O3S/c1-5-28-22-23-21-19(14-29(4,26)27)9-17(18-8-15(2)11-24(3)13-18)10-20(21)25(22)12-16-6-7-16/h8-10,13,16H,5-7,11-12,14H2,1-4H3.